The minimum absolute atomic E-state index is 0.0539. The summed E-state index contributed by atoms with van der Waals surface area (Å²) in [6.07, 6.45) is 0.846. The number of phenolic OH excluding ortho intramolecular Hbond substituents is 1. The number of rotatable bonds is 3. The molecule has 0 aromatic heterocycles. The molecule has 0 spiro atoms. The first-order valence-corrected chi connectivity index (χ1v) is 4.90. The number of aromatic hydroxyl groups is 1. The average Bonchev–Trinajstić information content (AvgIpc) is 2.15. The van der Waals surface area contributed by atoms with Crippen molar-refractivity contribution >= 4 is 5.78 Å². The second-order valence-corrected chi connectivity index (χ2v) is 3.67. The number of hydrogen-bond acceptors (Lipinski definition) is 2. The number of aryl methyl sites for hydroxylation is 1. The first kappa shape index (κ1) is 10.8. The van der Waals surface area contributed by atoms with E-state index in [1.54, 1.807) is 18.2 Å². The van der Waals surface area contributed by atoms with Gasteiger partial charge < -0.3 is 5.11 Å². The lowest BCUT2D eigenvalue weighted by Crippen LogP contribution is -2.11. The molecular weight excluding hydrogens is 176 g/mol. The van der Waals surface area contributed by atoms with Crippen LogP contribution in [0.3, 0.4) is 0 Å². The van der Waals surface area contributed by atoms with Gasteiger partial charge in [-0.25, -0.2) is 0 Å². The van der Waals surface area contributed by atoms with Crippen LogP contribution in [0.15, 0.2) is 18.2 Å². The third kappa shape index (κ3) is 2.13. The van der Waals surface area contributed by atoms with Crippen LogP contribution in [0.25, 0.3) is 0 Å². The first-order valence-electron chi connectivity index (χ1n) is 4.90. The van der Waals surface area contributed by atoms with E-state index in [9.17, 15) is 9.90 Å². The quantitative estimate of drug-likeness (QED) is 0.747. The molecule has 76 valence electrons. The molecule has 14 heavy (non-hydrogen) atoms. The van der Waals surface area contributed by atoms with Crippen molar-refractivity contribution in [3.8, 4) is 5.75 Å². The number of hydrogen-bond donors (Lipinski definition) is 1. The van der Waals surface area contributed by atoms with Gasteiger partial charge in [0.1, 0.15) is 5.75 Å². The third-order valence-electron chi connectivity index (χ3n) is 2.54. The van der Waals surface area contributed by atoms with Gasteiger partial charge >= 0.3 is 0 Å². The summed E-state index contributed by atoms with van der Waals surface area (Å²) in [6, 6.07) is 4.87. The van der Waals surface area contributed by atoms with Gasteiger partial charge in [-0.1, -0.05) is 13.8 Å². The molecule has 2 nitrogen and oxygen atoms in total. The average molecular weight is 192 g/mol. The first-order chi connectivity index (χ1) is 6.56. The second-order valence-electron chi connectivity index (χ2n) is 3.67. The number of Topliss-reactive ketones (excluding diaryl/α,β-unsaturated/α-hetero) is 1. The summed E-state index contributed by atoms with van der Waals surface area (Å²) in [5.74, 6) is 0.423. The zero-order valence-electron chi connectivity index (χ0n) is 8.87. The topological polar surface area (TPSA) is 37.3 Å². The monoisotopic (exact) mass is 192 g/mol. The van der Waals surface area contributed by atoms with Crippen LogP contribution >= 0.6 is 0 Å². The van der Waals surface area contributed by atoms with Crippen LogP contribution in [0.5, 0.6) is 5.75 Å². The van der Waals surface area contributed by atoms with Crippen molar-refractivity contribution < 1.29 is 9.90 Å². The summed E-state index contributed by atoms with van der Waals surface area (Å²) in [5.41, 5.74) is 1.56. The van der Waals surface area contributed by atoms with Gasteiger partial charge in [-0.15, -0.1) is 0 Å². The molecule has 0 unspecified atom stereocenters. The standard InChI is InChI=1S/C12H16O2/c1-4-8(2)12(14)11-6-5-10(13)7-9(11)3/h5-8,13H,4H2,1-3H3/t8-/m0/s1. The zero-order valence-corrected chi connectivity index (χ0v) is 8.87. The predicted octanol–water partition coefficient (Wildman–Crippen LogP) is 2.93. The van der Waals surface area contributed by atoms with Crippen molar-refractivity contribution in [1.29, 1.82) is 0 Å². The zero-order chi connectivity index (χ0) is 10.7. The molecule has 0 amide bonds. The number of benzene rings is 1. The molecule has 0 fully saturated rings. The Morgan fingerprint density at radius 3 is 2.64 bits per heavy atom. The van der Waals surface area contributed by atoms with E-state index in [2.05, 4.69) is 0 Å². The Balaban J connectivity index is 3.02. The lowest BCUT2D eigenvalue weighted by Gasteiger charge is -2.09. The number of carbonyl (C=O) groups is 1. The molecule has 0 aliphatic rings. The summed E-state index contributed by atoms with van der Waals surface area (Å²) in [5, 5.41) is 9.20. The maximum Gasteiger partial charge on any atom is 0.165 e. The van der Waals surface area contributed by atoms with Gasteiger partial charge in [-0.2, -0.15) is 0 Å². The van der Waals surface area contributed by atoms with Gasteiger partial charge in [0.15, 0.2) is 5.78 Å². The van der Waals surface area contributed by atoms with E-state index < -0.39 is 0 Å². The highest BCUT2D eigenvalue weighted by Crippen LogP contribution is 2.19. The van der Waals surface area contributed by atoms with E-state index in [0.29, 0.717) is 0 Å². The van der Waals surface area contributed by atoms with Gasteiger partial charge in [0.2, 0.25) is 0 Å². The molecular formula is C12H16O2. The molecule has 0 aliphatic heterocycles. The number of carbonyl (C=O) groups excluding carboxylic acids is 1. The fourth-order valence-electron chi connectivity index (χ4n) is 1.38. The normalized spacial score (nSPS) is 12.5. The molecule has 0 bridgehead atoms. The van der Waals surface area contributed by atoms with Crippen LogP contribution in [0.4, 0.5) is 0 Å². The van der Waals surface area contributed by atoms with Crippen molar-refractivity contribution in [3.63, 3.8) is 0 Å². The van der Waals surface area contributed by atoms with Gasteiger partial charge in [0, 0.05) is 11.5 Å². The highest BCUT2D eigenvalue weighted by atomic mass is 16.3. The van der Waals surface area contributed by atoms with E-state index in [1.165, 1.54) is 0 Å². The highest BCUT2D eigenvalue weighted by Gasteiger charge is 2.15. The molecule has 1 N–H and O–H groups in total. The van der Waals surface area contributed by atoms with Gasteiger partial charge in [0.25, 0.3) is 0 Å². The van der Waals surface area contributed by atoms with Crippen LogP contribution in [0, 0.1) is 12.8 Å². The Morgan fingerprint density at radius 1 is 1.50 bits per heavy atom. The SMILES string of the molecule is CC[C@H](C)C(=O)c1ccc(O)cc1C. The predicted molar refractivity (Wildman–Crippen MR) is 56.6 cm³/mol. The van der Waals surface area contributed by atoms with Crippen LogP contribution < -0.4 is 0 Å². The third-order valence-corrected chi connectivity index (χ3v) is 2.54. The Labute approximate surface area is 84.6 Å². The Bertz CT molecular complexity index is 342. The van der Waals surface area contributed by atoms with Gasteiger partial charge in [-0.3, -0.25) is 4.79 Å². The van der Waals surface area contributed by atoms with Crippen LogP contribution in [-0.2, 0) is 0 Å². The molecule has 1 aromatic carbocycles. The number of phenols is 1. The van der Waals surface area contributed by atoms with E-state index >= 15 is 0 Å². The molecule has 0 heterocycles. The lowest BCUT2D eigenvalue weighted by atomic mass is 9.94. The summed E-state index contributed by atoms with van der Waals surface area (Å²) < 4.78 is 0. The number of ketones is 1. The second kappa shape index (κ2) is 4.27. The molecule has 2 heteroatoms. The maximum absolute atomic E-state index is 11.8. The summed E-state index contributed by atoms with van der Waals surface area (Å²) >= 11 is 0. The molecule has 1 rings (SSSR count). The largest absolute Gasteiger partial charge is 0.508 e. The molecule has 0 saturated carbocycles. The molecule has 1 atom stereocenters. The lowest BCUT2D eigenvalue weighted by molar-refractivity contribution is 0.0926. The Hall–Kier alpha value is -1.31. The fourth-order valence-corrected chi connectivity index (χ4v) is 1.38. The Morgan fingerprint density at radius 2 is 2.14 bits per heavy atom. The van der Waals surface area contributed by atoms with Crippen molar-refractivity contribution in [2.45, 2.75) is 27.2 Å². The van der Waals surface area contributed by atoms with E-state index in [0.717, 1.165) is 17.5 Å². The molecule has 0 radical (unpaired) electrons. The molecule has 1 aromatic rings. The van der Waals surface area contributed by atoms with Crippen molar-refractivity contribution in [2.75, 3.05) is 0 Å². The summed E-state index contributed by atoms with van der Waals surface area (Å²) in [4.78, 5) is 11.8. The van der Waals surface area contributed by atoms with Crippen LogP contribution in [-0.4, -0.2) is 10.9 Å². The Kier molecular flexibility index (Phi) is 3.28. The van der Waals surface area contributed by atoms with Crippen molar-refractivity contribution in [3.05, 3.63) is 29.3 Å². The fraction of sp³-hybridized carbons (Fsp3) is 0.417. The van der Waals surface area contributed by atoms with Crippen molar-refractivity contribution in [1.82, 2.24) is 0 Å². The van der Waals surface area contributed by atoms with E-state index in [1.807, 2.05) is 20.8 Å². The molecule has 0 aliphatic carbocycles. The minimum atomic E-state index is 0.0539. The van der Waals surface area contributed by atoms with E-state index in [4.69, 9.17) is 0 Å². The van der Waals surface area contributed by atoms with Crippen molar-refractivity contribution in [2.24, 2.45) is 5.92 Å². The minimum Gasteiger partial charge on any atom is -0.508 e. The summed E-state index contributed by atoms with van der Waals surface area (Å²) in [7, 11) is 0. The maximum atomic E-state index is 11.8. The highest BCUT2D eigenvalue weighted by molar-refractivity contribution is 5.99. The van der Waals surface area contributed by atoms with Gasteiger partial charge in [0.05, 0.1) is 0 Å². The summed E-state index contributed by atoms with van der Waals surface area (Å²) in [6.45, 7) is 5.77. The molecule has 0 saturated heterocycles. The van der Waals surface area contributed by atoms with Gasteiger partial charge in [-0.05, 0) is 37.1 Å². The van der Waals surface area contributed by atoms with Crippen LogP contribution in [0.2, 0.25) is 0 Å². The van der Waals surface area contributed by atoms with E-state index in [-0.39, 0.29) is 17.5 Å². The smallest absolute Gasteiger partial charge is 0.165 e. The van der Waals surface area contributed by atoms with Crippen LogP contribution in [0.1, 0.15) is 36.2 Å².